The maximum absolute atomic E-state index is 14.2. The van der Waals surface area contributed by atoms with Crippen LogP contribution in [-0.2, 0) is 0 Å². The molecule has 0 aliphatic rings. The zero-order valence-electron chi connectivity index (χ0n) is 15.1. The van der Waals surface area contributed by atoms with E-state index < -0.39 is 5.82 Å². The van der Waals surface area contributed by atoms with Crippen LogP contribution in [0.3, 0.4) is 0 Å². The van der Waals surface area contributed by atoms with Gasteiger partial charge in [-0.1, -0.05) is 23.8 Å². The van der Waals surface area contributed by atoms with Crippen molar-refractivity contribution < 1.29 is 9.13 Å². The van der Waals surface area contributed by atoms with E-state index in [4.69, 9.17) is 10.00 Å². The summed E-state index contributed by atoms with van der Waals surface area (Å²) in [5.74, 6) is 0.295. The highest BCUT2D eigenvalue weighted by Gasteiger charge is 2.11. The molecule has 0 unspecified atom stereocenters. The van der Waals surface area contributed by atoms with Crippen molar-refractivity contribution in [1.82, 2.24) is 15.0 Å². The average Bonchev–Trinajstić information content (AvgIpc) is 2.69. The van der Waals surface area contributed by atoms with Crippen LogP contribution < -0.4 is 15.4 Å². The Morgan fingerprint density at radius 3 is 2.57 bits per heavy atom. The van der Waals surface area contributed by atoms with Gasteiger partial charge in [-0.15, -0.1) is 6.58 Å². The largest absolute Gasteiger partial charge is 0.424 e. The lowest BCUT2D eigenvalue weighted by molar-refractivity contribution is 0.441. The van der Waals surface area contributed by atoms with Gasteiger partial charge in [0.15, 0.2) is 0 Å². The number of nitriles is 1. The number of hydrogen-bond acceptors (Lipinski definition) is 7. The van der Waals surface area contributed by atoms with Gasteiger partial charge >= 0.3 is 6.01 Å². The molecule has 1 heterocycles. The number of anilines is 3. The normalized spacial score (nSPS) is 10.0. The van der Waals surface area contributed by atoms with E-state index in [2.05, 4.69) is 32.2 Å². The van der Waals surface area contributed by atoms with E-state index in [0.717, 1.165) is 11.6 Å². The molecule has 7 nitrogen and oxygen atoms in total. The van der Waals surface area contributed by atoms with Crippen molar-refractivity contribution in [2.45, 2.75) is 6.92 Å². The average molecular weight is 376 g/mol. The van der Waals surface area contributed by atoms with E-state index in [1.54, 1.807) is 18.2 Å². The predicted molar refractivity (Wildman–Crippen MR) is 104 cm³/mol. The quantitative estimate of drug-likeness (QED) is 0.593. The number of nitrogens with zero attached hydrogens (tertiary/aromatic N) is 4. The topological polar surface area (TPSA) is 95.8 Å². The second kappa shape index (κ2) is 8.60. The number of ether oxygens (including phenoxy) is 1. The second-order valence-corrected chi connectivity index (χ2v) is 5.78. The fourth-order valence-electron chi connectivity index (χ4n) is 2.22. The Morgan fingerprint density at radius 2 is 1.89 bits per heavy atom. The zero-order valence-corrected chi connectivity index (χ0v) is 15.1. The lowest BCUT2D eigenvalue weighted by Crippen LogP contribution is -2.08. The number of nitrogens with one attached hydrogen (secondary N) is 2. The van der Waals surface area contributed by atoms with Gasteiger partial charge in [0.2, 0.25) is 11.9 Å². The number of benzene rings is 2. The summed E-state index contributed by atoms with van der Waals surface area (Å²) in [5, 5.41) is 14.6. The number of aryl methyl sites for hydroxylation is 1. The third-order valence-corrected chi connectivity index (χ3v) is 3.59. The summed E-state index contributed by atoms with van der Waals surface area (Å²) in [6, 6.07) is 13.4. The van der Waals surface area contributed by atoms with Crippen LogP contribution in [0.2, 0.25) is 0 Å². The molecule has 28 heavy (non-hydrogen) atoms. The summed E-state index contributed by atoms with van der Waals surface area (Å²) in [6.45, 7) is 6.04. The standard InChI is InChI=1S/C20H17FN6O/c1-3-10-23-18-25-19(24-17-9-6-14(12-22)11-16(17)21)27-20(26-18)28-15-7-4-13(2)5-8-15/h3-9,11H,1,10H2,2H3,(H2,23,24,25,26,27). The van der Waals surface area contributed by atoms with Crippen LogP contribution >= 0.6 is 0 Å². The van der Waals surface area contributed by atoms with Gasteiger partial charge < -0.3 is 15.4 Å². The molecule has 140 valence electrons. The molecule has 2 aromatic carbocycles. The third kappa shape index (κ3) is 4.80. The molecular weight excluding hydrogens is 359 g/mol. The first kappa shape index (κ1) is 18.8. The van der Waals surface area contributed by atoms with Gasteiger partial charge in [0.05, 0.1) is 17.3 Å². The van der Waals surface area contributed by atoms with Crippen LogP contribution in [0.15, 0.2) is 55.1 Å². The molecule has 8 heteroatoms. The van der Waals surface area contributed by atoms with E-state index in [1.165, 1.54) is 12.1 Å². The summed E-state index contributed by atoms with van der Waals surface area (Å²) in [6.07, 6.45) is 1.65. The maximum atomic E-state index is 14.2. The zero-order chi connectivity index (χ0) is 19.9. The fraction of sp³-hybridized carbons (Fsp3) is 0.100. The van der Waals surface area contributed by atoms with Crippen molar-refractivity contribution in [3.05, 3.63) is 72.1 Å². The Morgan fingerprint density at radius 1 is 1.14 bits per heavy atom. The summed E-state index contributed by atoms with van der Waals surface area (Å²) < 4.78 is 19.9. The molecule has 0 fully saturated rings. The summed E-state index contributed by atoms with van der Waals surface area (Å²) in [4.78, 5) is 12.6. The van der Waals surface area contributed by atoms with Crippen LogP contribution in [-0.4, -0.2) is 21.5 Å². The molecule has 0 aliphatic heterocycles. The van der Waals surface area contributed by atoms with Gasteiger partial charge in [-0.2, -0.15) is 20.2 Å². The number of halogens is 1. The SMILES string of the molecule is C=CCNc1nc(Nc2ccc(C#N)cc2F)nc(Oc2ccc(C)cc2)n1. The molecule has 2 N–H and O–H groups in total. The highest BCUT2D eigenvalue weighted by molar-refractivity contribution is 5.57. The number of hydrogen-bond donors (Lipinski definition) is 2. The lowest BCUT2D eigenvalue weighted by Gasteiger charge is -2.11. The van der Waals surface area contributed by atoms with Crippen LogP contribution in [0.1, 0.15) is 11.1 Å². The minimum absolute atomic E-state index is 0.0435. The summed E-state index contributed by atoms with van der Waals surface area (Å²) in [7, 11) is 0. The lowest BCUT2D eigenvalue weighted by atomic mass is 10.2. The molecule has 0 radical (unpaired) electrons. The van der Waals surface area contributed by atoms with Crippen molar-refractivity contribution in [2.75, 3.05) is 17.2 Å². The number of aromatic nitrogens is 3. The molecule has 0 atom stereocenters. The van der Waals surface area contributed by atoms with E-state index >= 15 is 0 Å². The van der Waals surface area contributed by atoms with Gasteiger partial charge in [-0.05, 0) is 37.3 Å². The molecule has 3 aromatic rings. The van der Waals surface area contributed by atoms with Crippen LogP contribution in [0, 0.1) is 24.1 Å². The van der Waals surface area contributed by atoms with E-state index in [9.17, 15) is 4.39 Å². The predicted octanol–water partition coefficient (Wildman–Crippen LogP) is 4.32. The smallest absolute Gasteiger partial charge is 0.328 e. The van der Waals surface area contributed by atoms with E-state index in [0.29, 0.717) is 12.3 Å². The maximum Gasteiger partial charge on any atom is 0.328 e. The molecule has 0 amide bonds. The van der Waals surface area contributed by atoms with E-state index in [-0.39, 0.29) is 29.2 Å². The molecule has 0 spiro atoms. The minimum Gasteiger partial charge on any atom is -0.424 e. The van der Waals surface area contributed by atoms with Crippen LogP contribution in [0.25, 0.3) is 0 Å². The highest BCUT2D eigenvalue weighted by Crippen LogP contribution is 2.23. The third-order valence-electron chi connectivity index (χ3n) is 3.59. The molecule has 0 aliphatic carbocycles. The monoisotopic (exact) mass is 376 g/mol. The van der Waals surface area contributed by atoms with Gasteiger partial charge in [0, 0.05) is 6.54 Å². The van der Waals surface area contributed by atoms with Crippen LogP contribution in [0.4, 0.5) is 22.0 Å². The van der Waals surface area contributed by atoms with Crippen molar-refractivity contribution in [3.63, 3.8) is 0 Å². The second-order valence-electron chi connectivity index (χ2n) is 5.78. The fourth-order valence-corrected chi connectivity index (χ4v) is 2.22. The summed E-state index contributed by atoms with van der Waals surface area (Å²) >= 11 is 0. The van der Waals surface area contributed by atoms with Crippen LogP contribution in [0.5, 0.6) is 11.8 Å². The van der Waals surface area contributed by atoms with Gasteiger partial charge in [-0.3, -0.25) is 0 Å². The van der Waals surface area contributed by atoms with Crippen molar-refractivity contribution in [1.29, 1.82) is 5.26 Å². The Balaban J connectivity index is 1.89. The Kier molecular flexibility index (Phi) is 5.77. The van der Waals surface area contributed by atoms with Crippen molar-refractivity contribution in [3.8, 4) is 17.8 Å². The Bertz CT molecular complexity index is 1030. The highest BCUT2D eigenvalue weighted by atomic mass is 19.1. The molecular formula is C20H17FN6O. The first-order chi connectivity index (χ1) is 13.6. The van der Waals surface area contributed by atoms with Crippen molar-refractivity contribution in [2.24, 2.45) is 0 Å². The molecule has 1 aromatic heterocycles. The Hall–Kier alpha value is -3.99. The van der Waals surface area contributed by atoms with E-state index in [1.807, 2.05) is 25.1 Å². The molecule has 0 bridgehead atoms. The van der Waals surface area contributed by atoms with Gasteiger partial charge in [-0.25, -0.2) is 4.39 Å². The molecule has 0 saturated heterocycles. The Labute approximate surface area is 161 Å². The van der Waals surface area contributed by atoms with Gasteiger partial charge in [0.25, 0.3) is 0 Å². The van der Waals surface area contributed by atoms with Crippen molar-refractivity contribution >= 4 is 17.6 Å². The minimum atomic E-state index is -0.596. The summed E-state index contributed by atoms with van der Waals surface area (Å²) in [5.41, 5.74) is 1.44. The molecule has 0 saturated carbocycles. The van der Waals surface area contributed by atoms with Gasteiger partial charge in [0.1, 0.15) is 11.6 Å². The first-order valence-corrected chi connectivity index (χ1v) is 8.39. The number of rotatable bonds is 7. The molecule has 3 rings (SSSR count). The first-order valence-electron chi connectivity index (χ1n) is 8.39.